The number of hydrogen-bond donors (Lipinski definition) is 1. The number of benzene rings is 1. The fourth-order valence-electron chi connectivity index (χ4n) is 3.08. The van der Waals surface area contributed by atoms with E-state index in [0.717, 1.165) is 31.6 Å². The number of rotatable bonds is 4. The van der Waals surface area contributed by atoms with E-state index in [-0.39, 0.29) is 11.9 Å². The number of anilines is 1. The van der Waals surface area contributed by atoms with Crippen LogP contribution in [0.2, 0.25) is 0 Å². The summed E-state index contributed by atoms with van der Waals surface area (Å²) in [4.78, 5) is 25.8. The highest BCUT2D eigenvalue weighted by atomic mass is 16.6. The van der Waals surface area contributed by atoms with E-state index in [9.17, 15) is 9.59 Å². The number of amides is 1. The molecule has 0 bridgehead atoms. The Morgan fingerprint density at radius 2 is 1.96 bits per heavy atom. The largest absolute Gasteiger partial charge is 0.444 e. The maximum absolute atomic E-state index is 11.9. The van der Waals surface area contributed by atoms with Gasteiger partial charge in [-0.15, -0.1) is 0 Å². The highest BCUT2D eigenvalue weighted by Crippen LogP contribution is 2.28. The summed E-state index contributed by atoms with van der Waals surface area (Å²) in [6, 6.07) is 7.33. The molecule has 26 heavy (non-hydrogen) atoms. The van der Waals surface area contributed by atoms with Crippen molar-refractivity contribution in [3.63, 3.8) is 0 Å². The number of alkyl carbamates (subject to hydrolysis) is 1. The summed E-state index contributed by atoms with van der Waals surface area (Å²) >= 11 is 0. The fraction of sp³-hybridized carbons (Fsp3) is 0.550. The van der Waals surface area contributed by atoms with Crippen molar-refractivity contribution in [3.8, 4) is 6.07 Å². The first-order valence-electron chi connectivity index (χ1n) is 8.96. The minimum atomic E-state index is -0.498. The molecule has 1 aromatic rings. The third kappa shape index (κ3) is 5.48. The van der Waals surface area contributed by atoms with Crippen molar-refractivity contribution >= 4 is 17.6 Å². The Kier molecular flexibility index (Phi) is 6.25. The number of nitrogens with one attached hydrogen (secondary N) is 1. The molecular weight excluding hydrogens is 330 g/mol. The van der Waals surface area contributed by atoms with Crippen molar-refractivity contribution in [1.82, 2.24) is 5.32 Å². The first kappa shape index (κ1) is 19.8. The Hall–Kier alpha value is -2.55. The predicted octanol–water partition coefficient (Wildman–Crippen LogP) is 3.50. The molecule has 140 valence electrons. The Morgan fingerprint density at radius 3 is 2.50 bits per heavy atom. The van der Waals surface area contributed by atoms with Crippen molar-refractivity contribution in [1.29, 1.82) is 5.26 Å². The molecule has 1 aromatic carbocycles. The summed E-state index contributed by atoms with van der Waals surface area (Å²) in [7, 11) is 0. The molecule has 0 aliphatic carbocycles. The van der Waals surface area contributed by atoms with Gasteiger partial charge in [0.2, 0.25) is 0 Å². The molecule has 0 spiro atoms. The molecule has 0 atom stereocenters. The topological polar surface area (TPSA) is 82.4 Å². The quantitative estimate of drug-likeness (QED) is 0.834. The number of ketones is 1. The van der Waals surface area contributed by atoms with Crippen LogP contribution in [0, 0.1) is 17.2 Å². The van der Waals surface area contributed by atoms with Gasteiger partial charge in [0.25, 0.3) is 0 Å². The molecule has 0 aromatic heterocycles. The second-order valence-corrected chi connectivity index (χ2v) is 7.71. The van der Waals surface area contributed by atoms with Crippen LogP contribution in [0.5, 0.6) is 0 Å². The standard InChI is InChI=1S/C20H27N3O3/c1-14(24)17-6-5-16(12-21)11-18(17)23-9-7-15(8-10-23)13-22-19(25)26-20(2,3)4/h5-6,11,15H,7-10,13H2,1-4H3,(H,22,25). The van der Waals surface area contributed by atoms with Gasteiger partial charge in [0.05, 0.1) is 11.6 Å². The molecule has 0 radical (unpaired) electrons. The number of hydrogen-bond acceptors (Lipinski definition) is 5. The number of nitriles is 1. The van der Waals surface area contributed by atoms with Crippen LogP contribution >= 0.6 is 0 Å². The van der Waals surface area contributed by atoms with E-state index >= 15 is 0 Å². The smallest absolute Gasteiger partial charge is 0.407 e. The lowest BCUT2D eigenvalue weighted by Crippen LogP contribution is -2.40. The van der Waals surface area contributed by atoms with Gasteiger partial charge in [-0.05, 0) is 64.7 Å². The van der Waals surface area contributed by atoms with E-state index in [1.165, 1.54) is 0 Å². The van der Waals surface area contributed by atoms with E-state index in [4.69, 9.17) is 10.00 Å². The molecular formula is C20H27N3O3. The highest BCUT2D eigenvalue weighted by Gasteiger charge is 2.24. The van der Waals surface area contributed by atoms with Crippen molar-refractivity contribution in [2.45, 2.75) is 46.1 Å². The van der Waals surface area contributed by atoms with Crippen LogP contribution in [0.4, 0.5) is 10.5 Å². The average Bonchev–Trinajstić information content (AvgIpc) is 2.58. The monoisotopic (exact) mass is 357 g/mol. The third-order valence-corrected chi connectivity index (χ3v) is 4.40. The van der Waals surface area contributed by atoms with Gasteiger partial charge in [-0.2, -0.15) is 5.26 Å². The van der Waals surface area contributed by atoms with E-state index in [1.807, 2.05) is 20.8 Å². The molecule has 1 amide bonds. The van der Waals surface area contributed by atoms with Gasteiger partial charge in [-0.25, -0.2) is 4.79 Å². The lowest BCUT2D eigenvalue weighted by molar-refractivity contribution is 0.0516. The van der Waals surface area contributed by atoms with Crippen molar-refractivity contribution < 1.29 is 14.3 Å². The number of Topliss-reactive ketones (excluding diaryl/α,β-unsaturated/α-hetero) is 1. The zero-order valence-electron chi connectivity index (χ0n) is 16.0. The molecule has 1 aliphatic rings. The van der Waals surface area contributed by atoms with Crippen LogP contribution in [0.1, 0.15) is 56.5 Å². The summed E-state index contributed by atoms with van der Waals surface area (Å²) < 4.78 is 5.26. The first-order valence-corrected chi connectivity index (χ1v) is 8.96. The summed E-state index contributed by atoms with van der Waals surface area (Å²) in [5.41, 5.74) is 1.53. The van der Waals surface area contributed by atoms with Gasteiger partial charge < -0.3 is 15.0 Å². The average molecular weight is 357 g/mol. The summed E-state index contributed by atoms with van der Waals surface area (Å²) in [6.07, 6.45) is 1.42. The molecule has 1 aliphatic heterocycles. The highest BCUT2D eigenvalue weighted by molar-refractivity contribution is 6.00. The Balaban J connectivity index is 1.94. The first-order chi connectivity index (χ1) is 12.2. The second kappa shape index (κ2) is 8.22. The number of nitrogens with zero attached hydrogens (tertiary/aromatic N) is 2. The van der Waals surface area contributed by atoms with Crippen LogP contribution in [-0.2, 0) is 4.74 Å². The van der Waals surface area contributed by atoms with Crippen LogP contribution in [0.15, 0.2) is 18.2 Å². The predicted molar refractivity (Wildman–Crippen MR) is 100 cm³/mol. The summed E-state index contributed by atoms with van der Waals surface area (Å²) in [5, 5.41) is 12.0. The fourth-order valence-corrected chi connectivity index (χ4v) is 3.08. The maximum Gasteiger partial charge on any atom is 0.407 e. The van der Waals surface area contributed by atoms with Crippen molar-refractivity contribution in [2.24, 2.45) is 5.92 Å². The number of carbonyl (C=O) groups excluding carboxylic acids is 2. The SMILES string of the molecule is CC(=O)c1ccc(C#N)cc1N1CCC(CNC(=O)OC(C)(C)C)CC1. The minimum Gasteiger partial charge on any atom is -0.444 e. The Morgan fingerprint density at radius 1 is 1.31 bits per heavy atom. The van der Waals surface area contributed by atoms with Gasteiger partial charge in [0.1, 0.15) is 5.60 Å². The molecule has 6 heteroatoms. The molecule has 6 nitrogen and oxygen atoms in total. The lowest BCUT2D eigenvalue weighted by Gasteiger charge is -2.34. The van der Waals surface area contributed by atoms with Crippen molar-refractivity contribution in [3.05, 3.63) is 29.3 Å². The molecule has 1 N–H and O–H groups in total. The summed E-state index contributed by atoms with van der Waals surface area (Å²) in [6.45, 7) is 9.22. The number of piperidine rings is 1. The molecule has 1 saturated heterocycles. The third-order valence-electron chi connectivity index (χ3n) is 4.40. The molecule has 0 unspecified atom stereocenters. The number of ether oxygens (including phenoxy) is 1. The second-order valence-electron chi connectivity index (χ2n) is 7.71. The number of carbonyl (C=O) groups is 2. The van der Waals surface area contributed by atoms with E-state index in [0.29, 0.717) is 23.6 Å². The van der Waals surface area contributed by atoms with Gasteiger partial charge in [-0.1, -0.05) is 0 Å². The van der Waals surface area contributed by atoms with Gasteiger partial charge in [-0.3, -0.25) is 4.79 Å². The van der Waals surface area contributed by atoms with E-state index in [2.05, 4.69) is 16.3 Å². The molecule has 2 rings (SSSR count). The normalized spacial score (nSPS) is 15.3. The van der Waals surface area contributed by atoms with Crippen LogP contribution < -0.4 is 10.2 Å². The zero-order valence-corrected chi connectivity index (χ0v) is 16.0. The van der Waals surface area contributed by atoms with Gasteiger partial charge in [0.15, 0.2) is 5.78 Å². The molecule has 0 saturated carbocycles. The van der Waals surface area contributed by atoms with Gasteiger partial charge >= 0.3 is 6.09 Å². The summed E-state index contributed by atoms with van der Waals surface area (Å²) in [5.74, 6) is 0.372. The minimum absolute atomic E-state index is 0.00166. The van der Waals surface area contributed by atoms with Crippen molar-refractivity contribution in [2.75, 3.05) is 24.5 Å². The molecule has 1 fully saturated rings. The van der Waals surface area contributed by atoms with Crippen LogP contribution in [-0.4, -0.2) is 37.1 Å². The Bertz CT molecular complexity index is 708. The van der Waals surface area contributed by atoms with Crippen LogP contribution in [0.3, 0.4) is 0 Å². The maximum atomic E-state index is 11.9. The molecule has 1 heterocycles. The van der Waals surface area contributed by atoms with E-state index < -0.39 is 5.60 Å². The Labute approximate surface area is 155 Å². The van der Waals surface area contributed by atoms with Gasteiger partial charge in [0, 0.05) is 30.9 Å². The van der Waals surface area contributed by atoms with Crippen LogP contribution in [0.25, 0.3) is 0 Å². The zero-order chi connectivity index (χ0) is 19.3. The van der Waals surface area contributed by atoms with E-state index in [1.54, 1.807) is 25.1 Å². The lowest BCUT2D eigenvalue weighted by atomic mass is 9.95.